The highest BCUT2D eigenvalue weighted by Crippen LogP contribution is 2.24. The molecule has 0 unspecified atom stereocenters. The van der Waals surface area contributed by atoms with Gasteiger partial charge in [0, 0.05) is 4.47 Å². The normalized spacial score (nSPS) is 11.7. The number of rotatable bonds is 1. The van der Waals surface area contributed by atoms with Crippen molar-refractivity contribution < 1.29 is 12.8 Å². The summed E-state index contributed by atoms with van der Waals surface area (Å²) in [5.74, 6) is -0.814. The SMILES string of the molecule is NS(=O)(=O)c1cc(Br)cc(I)c1F. The predicted molar refractivity (Wildman–Crippen MR) is 58.2 cm³/mol. The van der Waals surface area contributed by atoms with Crippen molar-refractivity contribution in [1.29, 1.82) is 0 Å². The highest BCUT2D eigenvalue weighted by atomic mass is 127. The molecule has 1 aromatic carbocycles. The van der Waals surface area contributed by atoms with E-state index in [2.05, 4.69) is 15.9 Å². The Morgan fingerprint density at radius 3 is 2.46 bits per heavy atom. The first-order valence-electron chi connectivity index (χ1n) is 2.99. The van der Waals surface area contributed by atoms with Crippen LogP contribution in [0.5, 0.6) is 0 Å². The summed E-state index contributed by atoms with van der Waals surface area (Å²) in [6.07, 6.45) is 0. The second-order valence-electron chi connectivity index (χ2n) is 2.24. The molecular weight excluding hydrogens is 376 g/mol. The summed E-state index contributed by atoms with van der Waals surface area (Å²) in [6, 6.07) is 2.59. The highest BCUT2D eigenvalue weighted by molar-refractivity contribution is 14.1. The van der Waals surface area contributed by atoms with E-state index in [1.54, 1.807) is 22.6 Å². The number of hydrogen-bond acceptors (Lipinski definition) is 2. The molecule has 0 saturated heterocycles. The van der Waals surface area contributed by atoms with Gasteiger partial charge in [0.25, 0.3) is 0 Å². The smallest absolute Gasteiger partial charge is 0.225 e. The lowest BCUT2D eigenvalue weighted by atomic mass is 10.3. The fraction of sp³-hybridized carbons (Fsp3) is 0. The van der Waals surface area contributed by atoms with Crippen molar-refractivity contribution in [3.63, 3.8) is 0 Å². The Balaban J connectivity index is 3.56. The van der Waals surface area contributed by atoms with E-state index in [9.17, 15) is 12.8 Å². The minimum atomic E-state index is -3.99. The fourth-order valence-electron chi connectivity index (χ4n) is 0.739. The van der Waals surface area contributed by atoms with Crippen LogP contribution in [0, 0.1) is 9.39 Å². The van der Waals surface area contributed by atoms with E-state index in [1.807, 2.05) is 0 Å². The molecule has 3 nitrogen and oxygen atoms in total. The summed E-state index contributed by atoms with van der Waals surface area (Å²) in [6.45, 7) is 0. The average Bonchev–Trinajstić information content (AvgIpc) is 1.94. The molecular formula is C6H4BrFINO2S. The first-order chi connectivity index (χ1) is 5.82. The molecule has 0 aliphatic heterocycles. The number of halogens is 3. The third-order valence-electron chi connectivity index (χ3n) is 1.27. The van der Waals surface area contributed by atoms with Crippen molar-refractivity contribution in [3.05, 3.63) is 26.0 Å². The third-order valence-corrected chi connectivity index (χ3v) is 3.42. The molecule has 0 atom stereocenters. The molecule has 13 heavy (non-hydrogen) atoms. The molecule has 0 aliphatic carbocycles. The number of primary sulfonamides is 1. The highest BCUT2D eigenvalue weighted by Gasteiger charge is 2.17. The van der Waals surface area contributed by atoms with Gasteiger partial charge in [0.15, 0.2) is 5.82 Å². The van der Waals surface area contributed by atoms with Crippen molar-refractivity contribution in [2.45, 2.75) is 4.90 Å². The largest absolute Gasteiger partial charge is 0.241 e. The van der Waals surface area contributed by atoms with Crippen molar-refractivity contribution in [2.75, 3.05) is 0 Å². The molecule has 7 heteroatoms. The van der Waals surface area contributed by atoms with Crippen LogP contribution in [0.1, 0.15) is 0 Å². The Morgan fingerprint density at radius 1 is 1.46 bits per heavy atom. The molecule has 0 radical (unpaired) electrons. The van der Waals surface area contributed by atoms with Gasteiger partial charge in [-0.3, -0.25) is 0 Å². The Kier molecular flexibility index (Phi) is 3.31. The minimum Gasteiger partial charge on any atom is -0.225 e. The number of nitrogens with two attached hydrogens (primary N) is 1. The standard InChI is InChI=1S/C6H4BrFINO2S/c7-3-1-4(9)6(8)5(2-3)13(10,11)12/h1-2H,(H2,10,11,12). The molecule has 0 heterocycles. The molecule has 1 rings (SSSR count). The summed E-state index contributed by atoms with van der Waals surface area (Å²) in [4.78, 5) is -0.494. The first-order valence-corrected chi connectivity index (χ1v) is 6.41. The van der Waals surface area contributed by atoms with E-state index in [0.29, 0.717) is 4.47 Å². The van der Waals surface area contributed by atoms with Gasteiger partial charge < -0.3 is 0 Å². The molecule has 2 N–H and O–H groups in total. The van der Waals surface area contributed by atoms with Crippen LogP contribution in [0.15, 0.2) is 21.5 Å². The van der Waals surface area contributed by atoms with Crippen LogP contribution in [0.4, 0.5) is 4.39 Å². The summed E-state index contributed by atoms with van der Waals surface area (Å²) in [5.41, 5.74) is 0. The van der Waals surface area contributed by atoms with Gasteiger partial charge in [0.05, 0.1) is 3.57 Å². The monoisotopic (exact) mass is 379 g/mol. The van der Waals surface area contributed by atoms with Crippen LogP contribution in [-0.2, 0) is 10.0 Å². The lowest BCUT2D eigenvalue weighted by molar-refractivity contribution is 0.563. The van der Waals surface area contributed by atoms with Crippen molar-refractivity contribution in [1.82, 2.24) is 0 Å². The lowest BCUT2D eigenvalue weighted by Crippen LogP contribution is -2.14. The van der Waals surface area contributed by atoms with Gasteiger partial charge in [-0.2, -0.15) is 0 Å². The quantitative estimate of drug-likeness (QED) is 0.597. The van der Waals surface area contributed by atoms with Crippen LogP contribution >= 0.6 is 38.5 Å². The molecule has 0 saturated carbocycles. The summed E-state index contributed by atoms with van der Waals surface area (Å²) in [7, 11) is -3.99. The number of benzene rings is 1. The second-order valence-corrected chi connectivity index (χ2v) is 5.85. The van der Waals surface area contributed by atoms with E-state index < -0.39 is 20.7 Å². The lowest BCUT2D eigenvalue weighted by Gasteiger charge is -2.02. The summed E-state index contributed by atoms with van der Waals surface area (Å²) >= 11 is 4.74. The maximum Gasteiger partial charge on any atom is 0.241 e. The molecule has 0 amide bonds. The van der Waals surface area contributed by atoms with Crippen molar-refractivity contribution in [3.8, 4) is 0 Å². The van der Waals surface area contributed by atoms with Crippen LogP contribution in [-0.4, -0.2) is 8.42 Å². The molecule has 0 aliphatic rings. The van der Waals surface area contributed by atoms with Gasteiger partial charge in [-0.25, -0.2) is 17.9 Å². The zero-order valence-corrected chi connectivity index (χ0v) is 10.7. The Labute approximate surface area is 96.8 Å². The average molecular weight is 380 g/mol. The van der Waals surface area contributed by atoms with Crippen LogP contribution in [0.25, 0.3) is 0 Å². The molecule has 0 aromatic heterocycles. The van der Waals surface area contributed by atoms with Gasteiger partial charge in [0.2, 0.25) is 10.0 Å². The molecule has 1 aromatic rings. The van der Waals surface area contributed by atoms with E-state index in [0.717, 1.165) is 6.07 Å². The third kappa shape index (κ3) is 2.61. The maximum absolute atomic E-state index is 13.2. The summed E-state index contributed by atoms with van der Waals surface area (Å²) < 4.78 is 35.6. The van der Waals surface area contributed by atoms with Gasteiger partial charge in [-0.1, -0.05) is 15.9 Å². The van der Waals surface area contributed by atoms with E-state index >= 15 is 0 Å². The Hall–Kier alpha value is 0.270. The maximum atomic E-state index is 13.2. The zero-order valence-electron chi connectivity index (χ0n) is 6.09. The molecule has 0 bridgehead atoms. The Morgan fingerprint density at radius 2 is 2.00 bits per heavy atom. The van der Waals surface area contributed by atoms with E-state index in [1.165, 1.54) is 6.07 Å². The van der Waals surface area contributed by atoms with Gasteiger partial charge in [-0.15, -0.1) is 0 Å². The number of hydrogen-bond donors (Lipinski definition) is 1. The van der Waals surface area contributed by atoms with E-state index in [4.69, 9.17) is 5.14 Å². The van der Waals surface area contributed by atoms with Crippen molar-refractivity contribution >= 4 is 48.5 Å². The van der Waals surface area contributed by atoms with Crippen molar-refractivity contribution in [2.24, 2.45) is 5.14 Å². The molecule has 0 fully saturated rings. The number of sulfonamides is 1. The summed E-state index contributed by atoms with van der Waals surface area (Å²) in [5, 5.41) is 4.80. The molecule has 72 valence electrons. The van der Waals surface area contributed by atoms with Crippen LogP contribution < -0.4 is 5.14 Å². The molecule has 0 spiro atoms. The minimum absolute atomic E-state index is 0.205. The van der Waals surface area contributed by atoms with Gasteiger partial charge in [-0.05, 0) is 34.7 Å². The van der Waals surface area contributed by atoms with Crippen LogP contribution in [0.3, 0.4) is 0 Å². The first kappa shape index (κ1) is 11.3. The van der Waals surface area contributed by atoms with Gasteiger partial charge >= 0.3 is 0 Å². The zero-order chi connectivity index (χ0) is 10.2. The van der Waals surface area contributed by atoms with Crippen LogP contribution in [0.2, 0.25) is 0 Å². The fourth-order valence-corrected chi connectivity index (χ4v) is 3.24. The topological polar surface area (TPSA) is 60.2 Å². The van der Waals surface area contributed by atoms with E-state index in [-0.39, 0.29) is 3.57 Å². The second kappa shape index (κ2) is 3.79. The van der Waals surface area contributed by atoms with Gasteiger partial charge in [0.1, 0.15) is 4.90 Å². The predicted octanol–water partition coefficient (Wildman–Crippen LogP) is 1.84. The Bertz CT molecular complexity index is 448.